The van der Waals surface area contributed by atoms with E-state index in [0.717, 1.165) is 12.0 Å². The lowest BCUT2D eigenvalue weighted by Crippen LogP contribution is -2.32. The Balaban J connectivity index is 1.35. The van der Waals surface area contributed by atoms with Crippen molar-refractivity contribution in [1.29, 1.82) is 0 Å². The summed E-state index contributed by atoms with van der Waals surface area (Å²) in [4.78, 5) is 23.9. The van der Waals surface area contributed by atoms with Crippen LogP contribution in [0.25, 0.3) is 22.4 Å². The summed E-state index contributed by atoms with van der Waals surface area (Å²) in [7, 11) is 0. The van der Waals surface area contributed by atoms with Gasteiger partial charge in [0.15, 0.2) is 11.8 Å². The summed E-state index contributed by atoms with van der Waals surface area (Å²) in [5, 5.41) is 5.93. The Labute approximate surface area is 183 Å². The number of H-pyrrole nitrogens is 1. The van der Waals surface area contributed by atoms with E-state index >= 15 is 0 Å². The number of rotatable bonds is 5. The lowest BCUT2D eigenvalue weighted by molar-refractivity contribution is 0.0273. The first-order valence-corrected chi connectivity index (χ1v) is 10.6. The van der Waals surface area contributed by atoms with Gasteiger partial charge in [0.1, 0.15) is 6.10 Å². The van der Waals surface area contributed by atoms with Crippen molar-refractivity contribution >= 4 is 34.5 Å². The number of urea groups is 1. The normalized spacial score (nSPS) is 22.5. The van der Waals surface area contributed by atoms with Gasteiger partial charge in [0.05, 0.1) is 28.9 Å². The molecule has 0 aliphatic carbocycles. The summed E-state index contributed by atoms with van der Waals surface area (Å²) in [6.07, 6.45) is 0.724. The van der Waals surface area contributed by atoms with Crippen molar-refractivity contribution in [2.24, 2.45) is 0 Å². The van der Waals surface area contributed by atoms with E-state index in [1.807, 2.05) is 19.1 Å². The smallest absolute Gasteiger partial charge is 0.319 e. The van der Waals surface area contributed by atoms with Crippen LogP contribution in [0.5, 0.6) is 6.01 Å². The van der Waals surface area contributed by atoms with E-state index in [1.54, 1.807) is 18.2 Å². The van der Waals surface area contributed by atoms with E-state index in [4.69, 9.17) is 25.8 Å². The minimum Gasteiger partial charge on any atom is -0.456 e. The number of nitrogens with zero attached hydrogens (tertiary/aromatic N) is 2. The highest BCUT2D eigenvalue weighted by Crippen LogP contribution is 2.32. The molecule has 2 fully saturated rings. The topological polar surface area (TPSA) is 110 Å². The van der Waals surface area contributed by atoms with E-state index in [2.05, 4.69) is 25.6 Å². The van der Waals surface area contributed by atoms with Crippen molar-refractivity contribution in [2.75, 3.05) is 25.1 Å². The SMILES string of the molecule is CCNC(=O)Nc1ccc(-c2nc3nc(OC4CO[C@@H]5CCO[C@H]45)[nH]c3cc2Cl)cc1. The van der Waals surface area contributed by atoms with E-state index in [9.17, 15) is 4.79 Å². The van der Waals surface area contributed by atoms with Gasteiger partial charge in [0, 0.05) is 24.4 Å². The van der Waals surface area contributed by atoms with Crippen LogP contribution in [0.4, 0.5) is 10.5 Å². The number of aromatic amines is 1. The summed E-state index contributed by atoms with van der Waals surface area (Å²) in [6.45, 7) is 3.58. The molecule has 0 saturated carbocycles. The first kappa shape index (κ1) is 20.0. The third-order valence-electron chi connectivity index (χ3n) is 5.34. The second-order valence-electron chi connectivity index (χ2n) is 7.45. The summed E-state index contributed by atoms with van der Waals surface area (Å²) in [5.74, 6) is 0. The van der Waals surface area contributed by atoms with E-state index in [1.165, 1.54) is 0 Å². The van der Waals surface area contributed by atoms with Crippen molar-refractivity contribution in [3.05, 3.63) is 35.4 Å². The Morgan fingerprint density at radius 1 is 1.29 bits per heavy atom. The number of hydrogen-bond donors (Lipinski definition) is 3. The van der Waals surface area contributed by atoms with Gasteiger partial charge in [0.2, 0.25) is 0 Å². The number of nitrogens with one attached hydrogen (secondary N) is 3. The highest BCUT2D eigenvalue weighted by molar-refractivity contribution is 6.33. The van der Waals surface area contributed by atoms with Crippen molar-refractivity contribution in [3.8, 4) is 17.3 Å². The molecule has 0 bridgehead atoms. The van der Waals surface area contributed by atoms with Crippen molar-refractivity contribution in [3.63, 3.8) is 0 Å². The second kappa shape index (κ2) is 8.33. The van der Waals surface area contributed by atoms with Crippen LogP contribution in [0, 0.1) is 0 Å². The monoisotopic (exact) mass is 443 g/mol. The fourth-order valence-corrected chi connectivity index (χ4v) is 4.14. The zero-order chi connectivity index (χ0) is 21.4. The molecule has 9 nitrogen and oxygen atoms in total. The fraction of sp³-hybridized carbons (Fsp3) is 0.381. The second-order valence-corrected chi connectivity index (χ2v) is 7.85. The molecule has 31 heavy (non-hydrogen) atoms. The third-order valence-corrected chi connectivity index (χ3v) is 5.63. The molecular formula is C21H22ClN5O4. The molecule has 2 aliphatic heterocycles. The predicted octanol–water partition coefficient (Wildman–Crippen LogP) is 3.35. The molecule has 2 amide bonds. The minimum absolute atomic E-state index is 0.0631. The first-order chi connectivity index (χ1) is 15.1. The number of carbonyl (C=O) groups is 1. The Morgan fingerprint density at radius 3 is 2.94 bits per heavy atom. The molecule has 3 atom stereocenters. The molecule has 2 saturated heterocycles. The fourth-order valence-electron chi connectivity index (χ4n) is 3.88. The summed E-state index contributed by atoms with van der Waals surface area (Å²) >= 11 is 6.48. The minimum atomic E-state index is -0.251. The summed E-state index contributed by atoms with van der Waals surface area (Å²) in [6, 6.07) is 9.17. The number of benzene rings is 1. The maximum absolute atomic E-state index is 11.7. The quantitative estimate of drug-likeness (QED) is 0.557. The number of carbonyl (C=O) groups excluding carboxylic acids is 1. The number of anilines is 1. The number of amides is 2. The average Bonchev–Trinajstić information content (AvgIpc) is 3.45. The molecule has 10 heteroatoms. The number of halogens is 1. The number of pyridine rings is 1. The van der Waals surface area contributed by atoms with Gasteiger partial charge in [-0.1, -0.05) is 23.7 Å². The largest absolute Gasteiger partial charge is 0.456 e. The number of fused-ring (bicyclic) bond motifs is 2. The molecule has 3 N–H and O–H groups in total. The molecule has 3 aromatic rings. The number of hydrogen-bond acceptors (Lipinski definition) is 6. The Bertz CT molecular complexity index is 1100. The van der Waals surface area contributed by atoms with Gasteiger partial charge in [-0.05, 0) is 31.5 Å². The molecule has 1 unspecified atom stereocenters. The van der Waals surface area contributed by atoms with Crippen LogP contribution in [0.3, 0.4) is 0 Å². The Morgan fingerprint density at radius 2 is 2.13 bits per heavy atom. The van der Waals surface area contributed by atoms with Crippen molar-refractivity contribution in [2.45, 2.75) is 31.7 Å². The zero-order valence-corrected chi connectivity index (χ0v) is 17.6. The van der Waals surface area contributed by atoms with Crippen LogP contribution in [0.1, 0.15) is 13.3 Å². The van der Waals surface area contributed by atoms with E-state index in [-0.39, 0.29) is 24.3 Å². The van der Waals surface area contributed by atoms with E-state index in [0.29, 0.717) is 53.3 Å². The zero-order valence-electron chi connectivity index (χ0n) is 16.9. The van der Waals surface area contributed by atoms with E-state index < -0.39 is 0 Å². The molecule has 0 radical (unpaired) electrons. The lowest BCUT2D eigenvalue weighted by atomic mass is 10.1. The third kappa shape index (κ3) is 4.04. The molecular weight excluding hydrogens is 422 g/mol. The van der Waals surface area contributed by atoms with Crippen molar-refractivity contribution < 1.29 is 19.0 Å². The highest BCUT2D eigenvalue weighted by Gasteiger charge is 2.43. The molecule has 162 valence electrons. The summed E-state index contributed by atoms with van der Waals surface area (Å²) < 4.78 is 17.4. The number of ether oxygens (including phenoxy) is 3. The number of imidazole rings is 1. The van der Waals surface area contributed by atoms with Gasteiger partial charge in [0.25, 0.3) is 6.01 Å². The molecule has 2 aliphatic rings. The van der Waals surface area contributed by atoms with Gasteiger partial charge in [-0.15, -0.1) is 0 Å². The molecule has 0 spiro atoms. The standard InChI is InChI=1S/C21H22ClN5O4/c1-2-23-20(28)24-12-5-3-11(4-6-12)17-13(22)9-14-19(26-17)27-21(25-14)31-16-10-30-15-7-8-29-18(15)16/h3-6,9,15-16,18H,2,7-8,10H2,1H3,(H2,23,24,28)(H,25,26,27)/t15-,16?,18+/m1/s1. The van der Waals surface area contributed by atoms with Gasteiger partial charge >= 0.3 is 6.03 Å². The molecule has 1 aromatic carbocycles. The maximum atomic E-state index is 11.7. The lowest BCUT2D eigenvalue weighted by Gasteiger charge is -2.15. The predicted molar refractivity (Wildman–Crippen MR) is 116 cm³/mol. The van der Waals surface area contributed by atoms with Gasteiger partial charge in [-0.25, -0.2) is 9.78 Å². The molecule has 2 aromatic heterocycles. The number of aromatic nitrogens is 3. The highest BCUT2D eigenvalue weighted by atomic mass is 35.5. The molecule has 4 heterocycles. The molecule has 5 rings (SSSR count). The van der Waals surface area contributed by atoms with Crippen LogP contribution in [-0.4, -0.2) is 59.1 Å². The van der Waals surface area contributed by atoms with Crippen molar-refractivity contribution in [1.82, 2.24) is 20.3 Å². The summed E-state index contributed by atoms with van der Waals surface area (Å²) in [5.41, 5.74) is 3.27. The van der Waals surface area contributed by atoms with Gasteiger partial charge in [-0.3, -0.25) is 0 Å². The van der Waals surface area contributed by atoms with Gasteiger partial charge in [-0.2, -0.15) is 4.98 Å². The van der Waals surface area contributed by atoms with Crippen LogP contribution in [-0.2, 0) is 9.47 Å². The van der Waals surface area contributed by atoms with Gasteiger partial charge < -0.3 is 29.8 Å². The Kier molecular flexibility index (Phi) is 5.39. The Hall–Kier alpha value is -2.88. The van der Waals surface area contributed by atoms with Crippen LogP contribution >= 0.6 is 11.6 Å². The van der Waals surface area contributed by atoms with Crippen LogP contribution in [0.2, 0.25) is 5.02 Å². The van der Waals surface area contributed by atoms with Crippen LogP contribution in [0.15, 0.2) is 30.3 Å². The maximum Gasteiger partial charge on any atom is 0.319 e. The first-order valence-electron chi connectivity index (χ1n) is 10.2. The van der Waals surface area contributed by atoms with Crippen LogP contribution < -0.4 is 15.4 Å². The average molecular weight is 444 g/mol.